The van der Waals surface area contributed by atoms with Gasteiger partial charge in [-0.05, 0) is 30.3 Å². The number of carbonyl (C=O) groups is 2. The summed E-state index contributed by atoms with van der Waals surface area (Å²) >= 11 is 5.97. The zero-order valence-electron chi connectivity index (χ0n) is 13.8. The lowest BCUT2D eigenvalue weighted by Gasteiger charge is -2.19. The summed E-state index contributed by atoms with van der Waals surface area (Å²) in [6, 6.07) is 8.96. The third kappa shape index (κ3) is 4.70. The van der Waals surface area contributed by atoms with E-state index in [4.69, 9.17) is 21.1 Å². The van der Waals surface area contributed by atoms with Crippen LogP contribution in [-0.4, -0.2) is 37.9 Å². The predicted molar refractivity (Wildman–Crippen MR) is 91.8 cm³/mol. The number of benzene rings is 2. The summed E-state index contributed by atoms with van der Waals surface area (Å²) in [5, 5.41) is 0.256. The highest BCUT2D eigenvalue weighted by Gasteiger charge is 2.16. The molecule has 0 radical (unpaired) electrons. The average Bonchev–Trinajstić information content (AvgIpc) is 2.62. The van der Waals surface area contributed by atoms with E-state index in [0.717, 1.165) is 0 Å². The van der Waals surface area contributed by atoms with Crippen LogP contribution in [0, 0.1) is 5.82 Å². The molecule has 0 bridgehead atoms. The molecule has 132 valence electrons. The molecule has 5 nitrogen and oxygen atoms in total. The molecule has 0 saturated carbocycles. The van der Waals surface area contributed by atoms with Crippen LogP contribution in [0.25, 0.3) is 0 Å². The summed E-state index contributed by atoms with van der Waals surface area (Å²) < 4.78 is 24.4. The van der Waals surface area contributed by atoms with E-state index in [1.165, 1.54) is 37.3 Å². The lowest BCUT2D eigenvalue weighted by atomic mass is 10.2. The lowest BCUT2D eigenvalue weighted by molar-refractivity contribution is -0.132. The third-order valence-electron chi connectivity index (χ3n) is 3.56. The van der Waals surface area contributed by atoms with E-state index in [0.29, 0.717) is 23.3 Å². The molecule has 2 rings (SSSR count). The molecule has 0 atom stereocenters. The van der Waals surface area contributed by atoms with Gasteiger partial charge >= 0.3 is 0 Å². The molecule has 0 heterocycles. The van der Waals surface area contributed by atoms with Crippen molar-refractivity contribution < 1.29 is 23.5 Å². The summed E-state index contributed by atoms with van der Waals surface area (Å²) in [5.41, 5.74) is 0.676. The first-order valence-electron chi connectivity index (χ1n) is 7.39. The van der Waals surface area contributed by atoms with E-state index >= 15 is 0 Å². The fourth-order valence-electron chi connectivity index (χ4n) is 2.14. The maximum Gasteiger partial charge on any atom is 0.260 e. The number of halogens is 2. The van der Waals surface area contributed by atoms with Crippen LogP contribution in [0.15, 0.2) is 36.4 Å². The molecular formula is C18H17ClFNO4. The molecule has 0 aromatic heterocycles. The number of nitrogens with zero attached hydrogens (tertiary/aromatic N) is 1. The number of hydrogen-bond acceptors (Lipinski definition) is 4. The number of hydrogen-bond donors (Lipinski definition) is 0. The normalized spacial score (nSPS) is 10.2. The zero-order chi connectivity index (χ0) is 18.4. The summed E-state index contributed by atoms with van der Waals surface area (Å²) in [6.45, 7) is -0.242. The van der Waals surface area contributed by atoms with Crippen LogP contribution in [0.2, 0.25) is 5.02 Å². The van der Waals surface area contributed by atoms with Gasteiger partial charge in [0.1, 0.15) is 12.1 Å². The van der Waals surface area contributed by atoms with Crippen molar-refractivity contribution in [2.24, 2.45) is 0 Å². The molecule has 0 unspecified atom stereocenters. The second kappa shape index (κ2) is 8.48. The van der Waals surface area contributed by atoms with Crippen molar-refractivity contribution in [3.05, 3.63) is 58.4 Å². The Morgan fingerprint density at radius 1 is 1.28 bits per heavy atom. The second-order valence-corrected chi connectivity index (χ2v) is 5.67. The van der Waals surface area contributed by atoms with Crippen molar-refractivity contribution in [1.29, 1.82) is 0 Å². The highest BCUT2D eigenvalue weighted by Crippen LogP contribution is 2.27. The van der Waals surface area contributed by atoms with E-state index in [2.05, 4.69) is 0 Å². The highest BCUT2D eigenvalue weighted by atomic mass is 35.5. The Morgan fingerprint density at radius 3 is 2.68 bits per heavy atom. The Hall–Kier alpha value is -2.60. The van der Waals surface area contributed by atoms with Gasteiger partial charge in [-0.25, -0.2) is 4.39 Å². The van der Waals surface area contributed by atoms with Crippen LogP contribution in [0.1, 0.15) is 15.9 Å². The number of rotatable bonds is 7. The lowest BCUT2D eigenvalue weighted by Crippen LogP contribution is -2.31. The third-order valence-corrected chi connectivity index (χ3v) is 3.91. The van der Waals surface area contributed by atoms with Gasteiger partial charge in [0.25, 0.3) is 5.91 Å². The maximum absolute atomic E-state index is 13.8. The van der Waals surface area contributed by atoms with Crippen LogP contribution >= 0.6 is 11.6 Å². The molecule has 0 aliphatic rings. The number of amides is 1. The van der Waals surface area contributed by atoms with Gasteiger partial charge in [-0.1, -0.05) is 17.7 Å². The Kier molecular flexibility index (Phi) is 6.36. The summed E-state index contributed by atoms with van der Waals surface area (Å²) in [7, 11) is 2.96. The van der Waals surface area contributed by atoms with Crippen LogP contribution < -0.4 is 9.47 Å². The first-order chi connectivity index (χ1) is 12.0. The molecule has 1 amide bonds. The van der Waals surface area contributed by atoms with Crippen LogP contribution in [-0.2, 0) is 11.3 Å². The Labute approximate surface area is 149 Å². The van der Waals surface area contributed by atoms with Crippen molar-refractivity contribution in [3.63, 3.8) is 0 Å². The minimum absolute atomic E-state index is 0.0227. The highest BCUT2D eigenvalue weighted by molar-refractivity contribution is 6.31. The summed E-state index contributed by atoms with van der Waals surface area (Å²) in [5.74, 6) is -0.156. The number of ether oxygens (including phenoxy) is 2. The molecule has 0 aliphatic carbocycles. The Morgan fingerprint density at radius 2 is 2.04 bits per heavy atom. The molecule has 0 fully saturated rings. The topological polar surface area (TPSA) is 55.8 Å². The van der Waals surface area contributed by atoms with E-state index in [1.54, 1.807) is 18.2 Å². The summed E-state index contributed by atoms with van der Waals surface area (Å²) in [4.78, 5) is 24.3. The maximum atomic E-state index is 13.8. The minimum Gasteiger partial charge on any atom is -0.493 e. The molecular weight excluding hydrogens is 349 g/mol. The first kappa shape index (κ1) is 18.7. The van der Waals surface area contributed by atoms with Crippen molar-refractivity contribution >= 4 is 23.8 Å². The molecule has 0 N–H and O–H groups in total. The van der Waals surface area contributed by atoms with Gasteiger partial charge in [-0.15, -0.1) is 0 Å². The monoisotopic (exact) mass is 365 g/mol. The number of aldehydes is 1. The van der Waals surface area contributed by atoms with E-state index in [9.17, 15) is 14.0 Å². The SMILES string of the molecule is COc1cc(C=O)ccc1OCC(=O)N(C)Cc1c(F)cccc1Cl. The van der Waals surface area contributed by atoms with E-state index in [1.807, 2.05) is 0 Å². The molecule has 0 spiro atoms. The number of carbonyl (C=O) groups excluding carboxylic acids is 2. The molecule has 25 heavy (non-hydrogen) atoms. The van der Waals surface area contributed by atoms with Gasteiger partial charge in [0.2, 0.25) is 0 Å². The number of likely N-dealkylation sites (N-methyl/N-ethyl adjacent to an activating group) is 1. The largest absolute Gasteiger partial charge is 0.493 e. The van der Waals surface area contributed by atoms with Gasteiger partial charge in [-0.3, -0.25) is 9.59 Å². The van der Waals surface area contributed by atoms with Crippen molar-refractivity contribution in [2.75, 3.05) is 20.8 Å². The standard InChI is InChI=1S/C18H17ClFNO4/c1-21(9-13-14(19)4-3-5-15(13)20)18(23)11-25-16-7-6-12(10-22)8-17(16)24-2/h3-8,10H,9,11H2,1-2H3. The average molecular weight is 366 g/mol. The summed E-state index contributed by atoms with van der Waals surface area (Å²) in [6.07, 6.45) is 0.684. The van der Waals surface area contributed by atoms with Gasteiger partial charge in [0.15, 0.2) is 18.1 Å². The van der Waals surface area contributed by atoms with Crippen molar-refractivity contribution in [3.8, 4) is 11.5 Å². The van der Waals surface area contributed by atoms with Crippen molar-refractivity contribution in [2.45, 2.75) is 6.54 Å². The van der Waals surface area contributed by atoms with Crippen molar-refractivity contribution in [1.82, 2.24) is 4.90 Å². The van der Waals surface area contributed by atoms with E-state index in [-0.39, 0.29) is 29.6 Å². The predicted octanol–water partition coefficient (Wildman–Crippen LogP) is 3.34. The zero-order valence-corrected chi connectivity index (χ0v) is 14.5. The second-order valence-electron chi connectivity index (χ2n) is 5.27. The minimum atomic E-state index is -0.473. The molecule has 2 aromatic carbocycles. The van der Waals surface area contributed by atoms with Crippen LogP contribution in [0.5, 0.6) is 11.5 Å². The van der Waals surface area contributed by atoms with Gasteiger partial charge in [0, 0.05) is 29.7 Å². The molecule has 2 aromatic rings. The smallest absolute Gasteiger partial charge is 0.260 e. The van der Waals surface area contributed by atoms with Gasteiger partial charge in [0.05, 0.1) is 7.11 Å². The fourth-order valence-corrected chi connectivity index (χ4v) is 2.36. The quantitative estimate of drug-likeness (QED) is 0.706. The molecule has 0 aliphatic heterocycles. The molecule has 7 heteroatoms. The van der Waals surface area contributed by atoms with E-state index < -0.39 is 5.82 Å². The first-order valence-corrected chi connectivity index (χ1v) is 7.77. The Bertz CT molecular complexity index is 761. The molecule has 0 saturated heterocycles. The Balaban J connectivity index is 2.01. The number of methoxy groups -OCH3 is 1. The van der Waals surface area contributed by atoms with Gasteiger partial charge in [-0.2, -0.15) is 0 Å². The van der Waals surface area contributed by atoms with Gasteiger partial charge < -0.3 is 14.4 Å². The fraction of sp³-hybridized carbons (Fsp3) is 0.222. The van der Waals surface area contributed by atoms with Crippen LogP contribution in [0.4, 0.5) is 4.39 Å². The van der Waals surface area contributed by atoms with Crippen LogP contribution in [0.3, 0.4) is 0 Å².